The molecule has 1 N–H and O–H groups in total. The highest BCUT2D eigenvalue weighted by molar-refractivity contribution is 5.91. The van der Waals surface area contributed by atoms with Gasteiger partial charge >= 0.3 is 0 Å². The molecule has 0 spiro atoms. The van der Waals surface area contributed by atoms with Crippen LogP contribution in [0.2, 0.25) is 0 Å². The van der Waals surface area contributed by atoms with Gasteiger partial charge in [-0.2, -0.15) is 0 Å². The number of nitrogens with zero attached hydrogens (tertiary/aromatic N) is 3. The lowest BCUT2D eigenvalue weighted by atomic mass is 10.1. The normalized spacial score (nSPS) is 13.0. The number of hydrogen-bond donors (Lipinski definition) is 1. The molecule has 1 aliphatic rings. The SMILES string of the molecule is CCN1CCc2ccc(NC(=O)Cn3cnc4ccccc4c3=O)cc21. The third-order valence-corrected chi connectivity index (χ3v) is 4.79. The van der Waals surface area contributed by atoms with Crippen molar-refractivity contribution in [3.05, 3.63) is 64.7 Å². The molecule has 1 aromatic heterocycles. The Balaban J connectivity index is 1.53. The molecule has 1 aliphatic heterocycles. The molecule has 0 atom stereocenters. The van der Waals surface area contributed by atoms with Crippen LogP contribution in [0.25, 0.3) is 10.9 Å². The monoisotopic (exact) mass is 348 g/mol. The number of hydrogen-bond acceptors (Lipinski definition) is 4. The van der Waals surface area contributed by atoms with Crippen molar-refractivity contribution in [1.29, 1.82) is 0 Å². The minimum atomic E-state index is -0.245. The van der Waals surface area contributed by atoms with E-state index in [2.05, 4.69) is 28.2 Å². The Kier molecular flexibility index (Phi) is 4.16. The fourth-order valence-corrected chi connectivity index (χ4v) is 3.43. The molecule has 0 radical (unpaired) electrons. The van der Waals surface area contributed by atoms with Gasteiger partial charge in [0, 0.05) is 24.5 Å². The average Bonchev–Trinajstić information content (AvgIpc) is 3.06. The Hall–Kier alpha value is -3.15. The van der Waals surface area contributed by atoms with Crippen molar-refractivity contribution in [3.63, 3.8) is 0 Å². The second-order valence-electron chi connectivity index (χ2n) is 6.42. The van der Waals surface area contributed by atoms with E-state index in [1.54, 1.807) is 18.2 Å². The summed E-state index contributed by atoms with van der Waals surface area (Å²) >= 11 is 0. The molecule has 26 heavy (non-hydrogen) atoms. The quantitative estimate of drug-likeness (QED) is 0.786. The predicted octanol–water partition coefficient (Wildman–Crippen LogP) is 2.42. The van der Waals surface area contributed by atoms with Crippen LogP contribution >= 0.6 is 0 Å². The van der Waals surface area contributed by atoms with E-state index in [1.165, 1.54) is 22.1 Å². The molecule has 0 unspecified atom stereocenters. The van der Waals surface area contributed by atoms with Gasteiger partial charge < -0.3 is 10.2 Å². The van der Waals surface area contributed by atoms with E-state index in [0.29, 0.717) is 10.9 Å². The molecule has 2 aromatic carbocycles. The molecule has 6 heteroatoms. The number of anilines is 2. The lowest BCUT2D eigenvalue weighted by Crippen LogP contribution is -2.28. The molecule has 3 aromatic rings. The topological polar surface area (TPSA) is 67.2 Å². The van der Waals surface area contributed by atoms with Crippen molar-refractivity contribution in [1.82, 2.24) is 9.55 Å². The van der Waals surface area contributed by atoms with Gasteiger partial charge in [-0.3, -0.25) is 14.2 Å². The summed E-state index contributed by atoms with van der Waals surface area (Å²) in [6.45, 7) is 4.02. The number of rotatable bonds is 4. The molecule has 0 saturated heterocycles. The molecule has 132 valence electrons. The first-order valence-corrected chi connectivity index (χ1v) is 8.77. The van der Waals surface area contributed by atoms with Crippen LogP contribution in [0.3, 0.4) is 0 Å². The summed E-state index contributed by atoms with van der Waals surface area (Å²) in [5.41, 5.74) is 3.65. The third-order valence-electron chi connectivity index (χ3n) is 4.79. The van der Waals surface area contributed by atoms with Crippen LogP contribution < -0.4 is 15.8 Å². The van der Waals surface area contributed by atoms with E-state index in [1.807, 2.05) is 18.2 Å². The average molecular weight is 348 g/mol. The van der Waals surface area contributed by atoms with E-state index < -0.39 is 0 Å². The number of aromatic nitrogens is 2. The van der Waals surface area contributed by atoms with Gasteiger partial charge in [0.1, 0.15) is 6.54 Å². The second-order valence-corrected chi connectivity index (χ2v) is 6.42. The lowest BCUT2D eigenvalue weighted by molar-refractivity contribution is -0.116. The van der Waals surface area contributed by atoms with Crippen molar-refractivity contribution in [2.24, 2.45) is 0 Å². The number of carbonyl (C=O) groups excluding carboxylic acids is 1. The van der Waals surface area contributed by atoms with Crippen molar-refractivity contribution in [2.75, 3.05) is 23.3 Å². The number of nitrogens with one attached hydrogen (secondary N) is 1. The zero-order chi connectivity index (χ0) is 18.1. The highest BCUT2D eigenvalue weighted by atomic mass is 16.2. The Morgan fingerprint density at radius 3 is 2.92 bits per heavy atom. The van der Waals surface area contributed by atoms with Crippen LogP contribution in [0.5, 0.6) is 0 Å². The van der Waals surface area contributed by atoms with E-state index in [-0.39, 0.29) is 18.0 Å². The number of para-hydroxylation sites is 1. The summed E-state index contributed by atoms with van der Waals surface area (Å²) in [5.74, 6) is -0.245. The molecular weight excluding hydrogens is 328 g/mol. The zero-order valence-corrected chi connectivity index (χ0v) is 14.6. The summed E-state index contributed by atoms with van der Waals surface area (Å²) in [5, 5.41) is 3.40. The van der Waals surface area contributed by atoms with E-state index in [4.69, 9.17) is 0 Å². The van der Waals surface area contributed by atoms with Gasteiger partial charge in [0.2, 0.25) is 5.91 Å². The summed E-state index contributed by atoms with van der Waals surface area (Å²) in [6, 6.07) is 13.1. The summed E-state index contributed by atoms with van der Waals surface area (Å²) < 4.78 is 1.34. The first-order valence-electron chi connectivity index (χ1n) is 8.77. The summed E-state index contributed by atoms with van der Waals surface area (Å²) in [6.07, 6.45) is 2.46. The van der Waals surface area contributed by atoms with E-state index in [0.717, 1.165) is 25.2 Å². The first-order chi connectivity index (χ1) is 12.7. The van der Waals surface area contributed by atoms with E-state index >= 15 is 0 Å². The van der Waals surface area contributed by atoms with Crippen LogP contribution in [-0.2, 0) is 17.8 Å². The molecule has 0 aliphatic carbocycles. The third kappa shape index (κ3) is 2.94. The minimum Gasteiger partial charge on any atom is -0.371 e. The van der Waals surface area contributed by atoms with Gasteiger partial charge in [-0.25, -0.2) is 4.98 Å². The van der Waals surface area contributed by atoms with Crippen molar-refractivity contribution < 1.29 is 4.79 Å². The molecule has 0 saturated carbocycles. The largest absolute Gasteiger partial charge is 0.371 e. The van der Waals surface area contributed by atoms with Gasteiger partial charge in [-0.05, 0) is 43.2 Å². The molecule has 2 heterocycles. The lowest BCUT2D eigenvalue weighted by Gasteiger charge is -2.17. The van der Waals surface area contributed by atoms with Gasteiger partial charge in [-0.15, -0.1) is 0 Å². The van der Waals surface area contributed by atoms with Gasteiger partial charge in [0.15, 0.2) is 0 Å². The minimum absolute atomic E-state index is 0.0642. The Labute approximate surface area is 151 Å². The predicted molar refractivity (Wildman–Crippen MR) is 103 cm³/mol. The standard InChI is InChI=1S/C20H20N4O2/c1-2-23-10-9-14-7-8-15(11-18(14)23)22-19(25)12-24-13-21-17-6-4-3-5-16(17)20(24)26/h3-8,11,13H,2,9-10,12H2,1H3,(H,22,25). The Bertz CT molecular complexity index is 1040. The first kappa shape index (κ1) is 16.3. The van der Waals surface area contributed by atoms with Gasteiger partial charge in [0.05, 0.1) is 17.2 Å². The fraction of sp³-hybridized carbons (Fsp3) is 0.250. The van der Waals surface area contributed by atoms with Crippen molar-refractivity contribution >= 4 is 28.2 Å². The Morgan fingerprint density at radius 2 is 2.08 bits per heavy atom. The number of fused-ring (bicyclic) bond motifs is 2. The Morgan fingerprint density at radius 1 is 1.23 bits per heavy atom. The summed E-state index contributed by atoms with van der Waals surface area (Å²) in [4.78, 5) is 31.4. The number of amides is 1. The van der Waals surface area contributed by atoms with Crippen LogP contribution in [-0.4, -0.2) is 28.5 Å². The van der Waals surface area contributed by atoms with Crippen LogP contribution in [0, 0.1) is 0 Å². The van der Waals surface area contributed by atoms with E-state index in [9.17, 15) is 9.59 Å². The fourth-order valence-electron chi connectivity index (χ4n) is 3.43. The van der Waals surface area contributed by atoms with Gasteiger partial charge in [-0.1, -0.05) is 18.2 Å². The smallest absolute Gasteiger partial charge is 0.261 e. The maximum absolute atomic E-state index is 12.5. The van der Waals surface area contributed by atoms with Crippen LogP contribution in [0.1, 0.15) is 12.5 Å². The number of likely N-dealkylation sites (N-methyl/N-ethyl adjacent to an activating group) is 1. The molecule has 6 nitrogen and oxygen atoms in total. The highest BCUT2D eigenvalue weighted by Crippen LogP contribution is 2.30. The molecule has 4 rings (SSSR count). The van der Waals surface area contributed by atoms with Crippen LogP contribution in [0.4, 0.5) is 11.4 Å². The maximum Gasteiger partial charge on any atom is 0.261 e. The number of benzene rings is 2. The van der Waals surface area contributed by atoms with Crippen LogP contribution in [0.15, 0.2) is 53.6 Å². The molecule has 0 fully saturated rings. The second kappa shape index (κ2) is 6.63. The van der Waals surface area contributed by atoms with Gasteiger partial charge in [0.25, 0.3) is 5.56 Å². The molecule has 0 bridgehead atoms. The summed E-state index contributed by atoms with van der Waals surface area (Å²) in [7, 11) is 0. The highest BCUT2D eigenvalue weighted by Gasteiger charge is 2.18. The zero-order valence-electron chi connectivity index (χ0n) is 14.6. The number of carbonyl (C=O) groups is 1. The molecular formula is C20H20N4O2. The molecule has 1 amide bonds. The maximum atomic E-state index is 12.5. The van der Waals surface area contributed by atoms with Crippen molar-refractivity contribution in [3.8, 4) is 0 Å². The van der Waals surface area contributed by atoms with Crippen molar-refractivity contribution in [2.45, 2.75) is 19.9 Å².